The van der Waals surface area contributed by atoms with Gasteiger partial charge in [-0.15, -0.1) is 0 Å². The molecule has 0 N–H and O–H groups in total. The third-order valence-electron chi connectivity index (χ3n) is 2.62. The minimum absolute atomic E-state index is 0. The first-order chi connectivity index (χ1) is 8.23. The molecule has 1 heterocycles. The molecule has 0 saturated heterocycles. The van der Waals surface area contributed by atoms with Crippen molar-refractivity contribution in [1.82, 2.24) is 9.80 Å². The van der Waals surface area contributed by atoms with E-state index in [1.54, 1.807) is 0 Å². The van der Waals surface area contributed by atoms with E-state index in [0.717, 1.165) is 13.1 Å². The van der Waals surface area contributed by atoms with Crippen molar-refractivity contribution >= 4 is 0 Å². The molecule has 0 radical (unpaired) electrons. The maximum absolute atomic E-state index is 4.33. The average Bonchev–Trinajstić information content (AvgIpc) is 2.27. The van der Waals surface area contributed by atoms with Crippen molar-refractivity contribution in [3.05, 3.63) is 29.7 Å². The summed E-state index contributed by atoms with van der Waals surface area (Å²) in [6.07, 6.45) is 8.03. The van der Waals surface area contributed by atoms with Crippen LogP contribution in [-0.4, -0.2) is 57.1 Å². The summed E-state index contributed by atoms with van der Waals surface area (Å²) in [6.45, 7) is 8.89. The quantitative estimate of drug-likeness (QED) is 0.681. The standard InChI is InChI=1S/C9H14N.C6H16N2.K/c1-9(2,3)8-6-4-5-7-10-8;1-7(2)5-6-8(3)4;/h4-8H,1-3H3;5-6H2,1-4H3;/q-1;;+1/t8-;;/m1../s1. The molecule has 1 rings (SSSR count). The number of rotatable bonds is 3. The molecule has 0 aliphatic carbocycles. The van der Waals surface area contributed by atoms with Gasteiger partial charge in [-0.3, -0.25) is 0 Å². The zero-order chi connectivity index (χ0) is 14.2. The van der Waals surface area contributed by atoms with Crippen LogP contribution in [0.3, 0.4) is 0 Å². The molecule has 0 aromatic rings. The van der Waals surface area contributed by atoms with Crippen molar-refractivity contribution in [1.29, 1.82) is 0 Å². The van der Waals surface area contributed by atoms with Crippen LogP contribution in [-0.2, 0) is 0 Å². The van der Waals surface area contributed by atoms with Gasteiger partial charge in [0.15, 0.2) is 0 Å². The molecule has 4 heteroatoms. The van der Waals surface area contributed by atoms with Crippen LogP contribution in [0.25, 0.3) is 5.32 Å². The van der Waals surface area contributed by atoms with E-state index in [-0.39, 0.29) is 56.8 Å². The fraction of sp³-hybridized carbons (Fsp3) is 0.733. The minimum Gasteiger partial charge on any atom is -0.684 e. The van der Waals surface area contributed by atoms with Crippen LogP contribution in [0.2, 0.25) is 0 Å². The van der Waals surface area contributed by atoms with Gasteiger partial charge in [0.2, 0.25) is 0 Å². The van der Waals surface area contributed by atoms with Gasteiger partial charge in [0.05, 0.1) is 0 Å². The summed E-state index contributed by atoms with van der Waals surface area (Å²) in [6, 6.07) is 0.359. The van der Waals surface area contributed by atoms with E-state index in [1.165, 1.54) is 0 Å². The van der Waals surface area contributed by atoms with Crippen molar-refractivity contribution in [2.24, 2.45) is 5.41 Å². The van der Waals surface area contributed by atoms with Crippen LogP contribution in [0.1, 0.15) is 20.8 Å². The molecule has 0 unspecified atom stereocenters. The van der Waals surface area contributed by atoms with Gasteiger partial charge in [0.1, 0.15) is 0 Å². The summed E-state index contributed by atoms with van der Waals surface area (Å²) in [4.78, 5) is 4.36. The summed E-state index contributed by atoms with van der Waals surface area (Å²) in [7, 11) is 8.35. The van der Waals surface area contributed by atoms with Crippen molar-refractivity contribution in [2.75, 3.05) is 41.3 Å². The summed E-state index contributed by atoms with van der Waals surface area (Å²) < 4.78 is 0. The van der Waals surface area contributed by atoms with Gasteiger partial charge in [-0.05, 0) is 33.6 Å². The predicted molar refractivity (Wildman–Crippen MR) is 82.0 cm³/mol. The molecular formula is C15H30KN3. The molecule has 106 valence electrons. The van der Waals surface area contributed by atoms with E-state index >= 15 is 0 Å². The molecule has 0 amide bonds. The van der Waals surface area contributed by atoms with Crippen LogP contribution >= 0.6 is 0 Å². The van der Waals surface area contributed by atoms with E-state index in [9.17, 15) is 0 Å². The van der Waals surface area contributed by atoms with Gasteiger partial charge in [-0.2, -0.15) is 6.20 Å². The fourth-order valence-corrected chi connectivity index (χ4v) is 1.32. The average molecular weight is 292 g/mol. The maximum atomic E-state index is 4.33. The van der Waals surface area contributed by atoms with Gasteiger partial charge in [0.25, 0.3) is 0 Å². The molecule has 0 aromatic carbocycles. The van der Waals surface area contributed by atoms with E-state index in [2.05, 4.69) is 76.2 Å². The van der Waals surface area contributed by atoms with Crippen molar-refractivity contribution in [2.45, 2.75) is 26.8 Å². The van der Waals surface area contributed by atoms with E-state index in [1.807, 2.05) is 12.3 Å². The molecular weight excluding hydrogens is 261 g/mol. The summed E-state index contributed by atoms with van der Waals surface area (Å²) >= 11 is 0. The second-order valence-corrected chi connectivity index (χ2v) is 6.29. The minimum atomic E-state index is 0. The fourth-order valence-electron chi connectivity index (χ4n) is 1.32. The Hall–Kier alpha value is 0.836. The summed E-state index contributed by atoms with van der Waals surface area (Å²) in [5.41, 5.74) is 0.265. The van der Waals surface area contributed by atoms with Crippen LogP contribution in [0.15, 0.2) is 24.4 Å². The number of likely N-dealkylation sites (N-methyl/N-ethyl adjacent to an activating group) is 2. The number of nitrogens with zero attached hydrogens (tertiary/aromatic N) is 3. The normalized spacial score (nSPS) is 17.6. The van der Waals surface area contributed by atoms with Crippen molar-refractivity contribution in [3.63, 3.8) is 0 Å². The Balaban J connectivity index is 0. The van der Waals surface area contributed by atoms with E-state index in [4.69, 9.17) is 0 Å². The largest absolute Gasteiger partial charge is 1.00 e. The van der Waals surface area contributed by atoms with Gasteiger partial charge < -0.3 is 15.1 Å². The van der Waals surface area contributed by atoms with Crippen LogP contribution in [0.5, 0.6) is 0 Å². The summed E-state index contributed by atoms with van der Waals surface area (Å²) in [5.74, 6) is 0. The molecule has 0 spiro atoms. The van der Waals surface area contributed by atoms with Crippen molar-refractivity contribution in [3.8, 4) is 0 Å². The Kier molecular flexibility index (Phi) is 13.4. The van der Waals surface area contributed by atoms with Gasteiger partial charge >= 0.3 is 51.4 Å². The topological polar surface area (TPSA) is 20.6 Å². The van der Waals surface area contributed by atoms with Gasteiger partial charge in [-0.25, -0.2) is 0 Å². The Morgan fingerprint density at radius 1 is 0.947 bits per heavy atom. The predicted octanol–water partition coefficient (Wildman–Crippen LogP) is -0.0281. The van der Waals surface area contributed by atoms with Crippen LogP contribution in [0, 0.1) is 5.41 Å². The van der Waals surface area contributed by atoms with Crippen molar-refractivity contribution < 1.29 is 51.4 Å². The zero-order valence-corrected chi connectivity index (χ0v) is 17.3. The van der Waals surface area contributed by atoms with Crippen LogP contribution in [0.4, 0.5) is 0 Å². The Bertz CT molecular complexity index is 257. The summed E-state index contributed by atoms with van der Waals surface area (Å²) in [5, 5.41) is 4.33. The van der Waals surface area contributed by atoms with Crippen LogP contribution < -0.4 is 51.4 Å². The van der Waals surface area contributed by atoms with E-state index < -0.39 is 0 Å². The molecule has 1 aliphatic rings. The second-order valence-electron chi connectivity index (χ2n) is 6.29. The zero-order valence-electron chi connectivity index (χ0n) is 14.1. The number of hydrogen-bond donors (Lipinski definition) is 0. The monoisotopic (exact) mass is 291 g/mol. The van der Waals surface area contributed by atoms with Gasteiger partial charge in [-0.1, -0.05) is 45.0 Å². The SMILES string of the molecule is CC(C)(C)[C@H]1C=CC=C[N-]1.CN(C)CCN(C)C.[K+]. The number of allylic oxidation sites excluding steroid dienone is 2. The Morgan fingerprint density at radius 2 is 1.42 bits per heavy atom. The molecule has 0 fully saturated rings. The second kappa shape index (κ2) is 11.5. The first-order valence-electron chi connectivity index (χ1n) is 6.56. The molecule has 19 heavy (non-hydrogen) atoms. The third kappa shape index (κ3) is 13.6. The smallest absolute Gasteiger partial charge is 0.684 e. The van der Waals surface area contributed by atoms with Gasteiger partial charge in [0, 0.05) is 13.1 Å². The first kappa shape index (κ1) is 22.1. The molecule has 3 nitrogen and oxygen atoms in total. The number of hydrogen-bond acceptors (Lipinski definition) is 2. The molecule has 0 aromatic heterocycles. The molecule has 0 saturated carbocycles. The molecule has 1 atom stereocenters. The molecule has 0 bridgehead atoms. The van der Waals surface area contributed by atoms with E-state index in [0.29, 0.717) is 6.04 Å². The molecule has 1 aliphatic heterocycles. The Labute approximate surface area is 162 Å². The first-order valence-corrected chi connectivity index (χ1v) is 6.56. The third-order valence-corrected chi connectivity index (χ3v) is 2.62. The maximum Gasteiger partial charge on any atom is 1.00 e. The Morgan fingerprint density at radius 3 is 1.63 bits per heavy atom.